The first kappa shape index (κ1) is 22.5. The molecule has 33 heavy (non-hydrogen) atoms. The Morgan fingerprint density at radius 3 is 2.85 bits per heavy atom. The summed E-state index contributed by atoms with van der Waals surface area (Å²) in [4.78, 5) is 29.4. The molecule has 10 nitrogen and oxygen atoms in total. The highest BCUT2D eigenvalue weighted by Gasteiger charge is 2.19. The Morgan fingerprint density at radius 2 is 2.12 bits per heavy atom. The number of allylic oxidation sites excluding steroid dienone is 2. The van der Waals surface area contributed by atoms with Crippen LogP contribution >= 0.6 is 11.3 Å². The predicted octanol–water partition coefficient (Wildman–Crippen LogP) is 1.38. The minimum Gasteiger partial charge on any atom is -0.391 e. The highest BCUT2D eigenvalue weighted by atomic mass is 32.1. The zero-order valence-corrected chi connectivity index (χ0v) is 19.6. The summed E-state index contributed by atoms with van der Waals surface area (Å²) < 4.78 is 5.69. The van der Waals surface area contributed by atoms with E-state index < -0.39 is 5.91 Å². The van der Waals surface area contributed by atoms with E-state index in [1.54, 1.807) is 35.5 Å². The summed E-state index contributed by atoms with van der Waals surface area (Å²) in [5.74, 6) is -0.454. The van der Waals surface area contributed by atoms with Crippen molar-refractivity contribution < 1.29 is 4.79 Å². The van der Waals surface area contributed by atoms with Crippen LogP contribution in [0.1, 0.15) is 23.2 Å². The van der Waals surface area contributed by atoms with Crippen LogP contribution in [0, 0.1) is 0 Å². The van der Waals surface area contributed by atoms with Crippen molar-refractivity contribution in [2.45, 2.75) is 26.3 Å². The minimum atomic E-state index is -0.454. The number of aromatic nitrogens is 6. The van der Waals surface area contributed by atoms with Crippen LogP contribution in [0.5, 0.6) is 0 Å². The first-order chi connectivity index (χ1) is 15.8. The number of aryl methyl sites for hydroxylation is 2. The topological polar surface area (TPSA) is 126 Å². The highest BCUT2D eigenvalue weighted by Crippen LogP contribution is 2.31. The summed E-state index contributed by atoms with van der Waals surface area (Å²) in [5.41, 5.74) is 8.60. The van der Waals surface area contributed by atoms with E-state index in [0.29, 0.717) is 23.2 Å². The second-order valence-electron chi connectivity index (χ2n) is 7.83. The normalized spacial score (nSPS) is 11.7. The second kappa shape index (κ2) is 9.02. The van der Waals surface area contributed by atoms with E-state index in [9.17, 15) is 9.59 Å². The molecule has 4 aromatic rings. The lowest BCUT2D eigenvalue weighted by molar-refractivity contribution is -0.117. The van der Waals surface area contributed by atoms with Gasteiger partial charge in [-0.05, 0) is 24.8 Å². The van der Waals surface area contributed by atoms with Gasteiger partial charge in [0.15, 0.2) is 5.65 Å². The molecule has 4 heterocycles. The number of nitrogens with zero attached hydrogens (tertiary/aromatic N) is 6. The molecule has 1 amide bonds. The maximum Gasteiger partial charge on any atom is 0.291 e. The van der Waals surface area contributed by atoms with Gasteiger partial charge in [-0.25, -0.2) is 9.67 Å². The molecule has 0 unspecified atom stereocenters. The molecule has 172 valence electrons. The van der Waals surface area contributed by atoms with E-state index >= 15 is 0 Å². The Hall–Kier alpha value is -3.73. The predicted molar refractivity (Wildman–Crippen MR) is 129 cm³/mol. The first-order valence-corrected chi connectivity index (χ1v) is 11.3. The number of carbonyl (C=O) groups excluding carboxylic acids is 1. The number of fused-ring (bicyclic) bond motifs is 3. The smallest absolute Gasteiger partial charge is 0.291 e. The second-order valence-corrected chi connectivity index (χ2v) is 8.92. The Kier molecular flexibility index (Phi) is 6.14. The molecule has 3 N–H and O–H groups in total. The van der Waals surface area contributed by atoms with Crippen LogP contribution in [0.4, 0.5) is 0 Å². The van der Waals surface area contributed by atoms with Crippen LogP contribution in [-0.4, -0.2) is 41.6 Å². The van der Waals surface area contributed by atoms with Gasteiger partial charge in [0.05, 0.1) is 29.6 Å². The largest absolute Gasteiger partial charge is 0.391 e. The Balaban J connectivity index is 1.67. The number of carbonyl (C=O) groups is 1. The summed E-state index contributed by atoms with van der Waals surface area (Å²) in [7, 11) is 3.59. The molecule has 0 saturated heterocycles. The molecule has 0 saturated carbocycles. The standard InChI is InChI=1S/C22H26N8O2S/c1-5-24-7-6-13(2)8-18-26-21-20(33-18)15-10-25-30(22(32)19(15)29(21)4)12-16-14(9-17(23)31)11-28(3)27-16/h6-7,10-11,24H,2,5,8-9,12H2,1,3-4H3,(H2,23,31)/b7-6-. The van der Waals surface area contributed by atoms with Gasteiger partial charge in [-0.2, -0.15) is 10.2 Å². The van der Waals surface area contributed by atoms with Crippen molar-refractivity contribution in [1.82, 2.24) is 34.4 Å². The van der Waals surface area contributed by atoms with E-state index in [0.717, 1.165) is 32.9 Å². The molecule has 0 aliphatic carbocycles. The number of rotatable bonds is 9. The molecule has 0 fully saturated rings. The molecule has 11 heteroatoms. The molecular formula is C22H26N8O2S. The lowest BCUT2D eigenvalue weighted by Crippen LogP contribution is -2.25. The summed E-state index contributed by atoms with van der Waals surface area (Å²) in [5, 5.41) is 13.6. The van der Waals surface area contributed by atoms with E-state index in [1.807, 2.05) is 30.8 Å². The van der Waals surface area contributed by atoms with Gasteiger partial charge in [0.2, 0.25) is 5.91 Å². The van der Waals surface area contributed by atoms with E-state index in [4.69, 9.17) is 10.7 Å². The number of hydrogen-bond donors (Lipinski definition) is 2. The zero-order chi connectivity index (χ0) is 23.7. The number of thiazole rings is 1. The minimum absolute atomic E-state index is 0.0573. The molecule has 4 rings (SSSR count). The maximum atomic E-state index is 13.3. The Bertz CT molecular complexity index is 1450. The fourth-order valence-corrected chi connectivity index (χ4v) is 4.92. The van der Waals surface area contributed by atoms with Gasteiger partial charge >= 0.3 is 0 Å². The van der Waals surface area contributed by atoms with Gasteiger partial charge in [0, 0.05) is 44.2 Å². The average Bonchev–Trinajstić information content (AvgIpc) is 3.38. The van der Waals surface area contributed by atoms with Gasteiger partial charge < -0.3 is 15.6 Å². The van der Waals surface area contributed by atoms with Gasteiger partial charge in [0.1, 0.15) is 10.5 Å². The van der Waals surface area contributed by atoms with Gasteiger partial charge in [-0.15, -0.1) is 11.3 Å². The molecule has 0 aliphatic rings. The molecule has 0 bridgehead atoms. The van der Waals surface area contributed by atoms with E-state index in [2.05, 4.69) is 22.1 Å². The maximum absolute atomic E-state index is 13.3. The number of nitrogens with one attached hydrogen (secondary N) is 1. The number of amides is 1. The molecule has 0 radical (unpaired) electrons. The number of nitrogens with two attached hydrogens (primary N) is 1. The van der Waals surface area contributed by atoms with Crippen LogP contribution in [0.25, 0.3) is 21.3 Å². The molecule has 0 aliphatic heterocycles. The van der Waals surface area contributed by atoms with Crippen molar-refractivity contribution >= 4 is 38.5 Å². The first-order valence-electron chi connectivity index (χ1n) is 10.5. The number of primary amides is 1. The van der Waals surface area contributed by atoms with Crippen LogP contribution < -0.4 is 16.6 Å². The molecule has 0 aromatic carbocycles. The van der Waals surface area contributed by atoms with Crippen LogP contribution in [-0.2, 0) is 38.3 Å². The molecule has 0 spiro atoms. The SMILES string of the molecule is C=C(/C=C\NCC)Cc1nc2c(s1)c1cnn(Cc3nn(C)cc3CC(N)=O)c(=O)c1n2C. The van der Waals surface area contributed by atoms with Crippen molar-refractivity contribution in [3.05, 3.63) is 63.4 Å². The van der Waals surface area contributed by atoms with Crippen molar-refractivity contribution in [3.63, 3.8) is 0 Å². The van der Waals surface area contributed by atoms with Crippen molar-refractivity contribution in [2.75, 3.05) is 6.54 Å². The lowest BCUT2D eigenvalue weighted by Gasteiger charge is -2.05. The molecular weight excluding hydrogens is 440 g/mol. The fraction of sp³-hybridized carbons (Fsp3) is 0.318. The van der Waals surface area contributed by atoms with Crippen molar-refractivity contribution in [1.29, 1.82) is 0 Å². The third-order valence-electron chi connectivity index (χ3n) is 5.24. The summed E-state index contributed by atoms with van der Waals surface area (Å²) >= 11 is 1.54. The summed E-state index contributed by atoms with van der Waals surface area (Å²) in [6, 6.07) is 0. The summed E-state index contributed by atoms with van der Waals surface area (Å²) in [6.45, 7) is 7.12. The lowest BCUT2D eigenvalue weighted by atomic mass is 10.2. The van der Waals surface area contributed by atoms with Crippen LogP contribution in [0.3, 0.4) is 0 Å². The van der Waals surface area contributed by atoms with E-state index in [-0.39, 0.29) is 18.5 Å². The quantitative estimate of drug-likeness (QED) is 0.359. The Morgan fingerprint density at radius 1 is 1.33 bits per heavy atom. The monoisotopic (exact) mass is 466 g/mol. The van der Waals surface area contributed by atoms with Crippen LogP contribution in [0.15, 0.2) is 41.6 Å². The third kappa shape index (κ3) is 4.44. The van der Waals surface area contributed by atoms with E-state index in [1.165, 1.54) is 4.68 Å². The van der Waals surface area contributed by atoms with Crippen molar-refractivity contribution in [2.24, 2.45) is 19.8 Å². The third-order valence-corrected chi connectivity index (χ3v) is 6.32. The number of hydrogen-bond acceptors (Lipinski definition) is 7. The van der Waals surface area contributed by atoms with Gasteiger partial charge in [0.25, 0.3) is 5.56 Å². The van der Waals surface area contributed by atoms with Crippen molar-refractivity contribution in [3.8, 4) is 0 Å². The summed E-state index contributed by atoms with van der Waals surface area (Å²) in [6.07, 6.45) is 7.94. The fourth-order valence-electron chi connectivity index (χ4n) is 3.76. The van der Waals surface area contributed by atoms with Crippen LogP contribution in [0.2, 0.25) is 0 Å². The zero-order valence-electron chi connectivity index (χ0n) is 18.8. The average molecular weight is 467 g/mol. The molecule has 0 atom stereocenters. The van der Waals surface area contributed by atoms with Gasteiger partial charge in [-0.3, -0.25) is 14.3 Å². The Labute approximate surface area is 194 Å². The van der Waals surface area contributed by atoms with Gasteiger partial charge in [-0.1, -0.05) is 6.58 Å². The molecule has 4 aromatic heterocycles. The highest BCUT2D eigenvalue weighted by molar-refractivity contribution is 7.19.